The number of rotatable bonds is 5. The van der Waals surface area contributed by atoms with E-state index in [4.69, 9.17) is 4.74 Å². The fourth-order valence-corrected chi connectivity index (χ4v) is 2.23. The van der Waals surface area contributed by atoms with E-state index in [0.717, 1.165) is 0 Å². The third kappa shape index (κ3) is 3.89. The molecule has 0 aliphatic carbocycles. The van der Waals surface area contributed by atoms with E-state index in [0.29, 0.717) is 16.9 Å². The Hall–Kier alpha value is -3.48. The summed E-state index contributed by atoms with van der Waals surface area (Å²) in [7, 11) is 0. The molecular weight excluding hydrogens is 322 g/mol. The van der Waals surface area contributed by atoms with Crippen molar-refractivity contribution >= 4 is 23.0 Å². The van der Waals surface area contributed by atoms with Crippen LogP contribution < -0.4 is 15.6 Å². The molecule has 2 heterocycles. The number of hydrogen-bond acceptors (Lipinski definition) is 5. The fourth-order valence-electron chi connectivity index (χ4n) is 2.23. The first-order chi connectivity index (χ1) is 12.0. The van der Waals surface area contributed by atoms with Crippen molar-refractivity contribution in [3.05, 3.63) is 70.6 Å². The van der Waals surface area contributed by atoms with Gasteiger partial charge in [-0.05, 0) is 43.3 Å². The molecule has 3 rings (SSSR count). The molecule has 7 nitrogen and oxygen atoms in total. The summed E-state index contributed by atoms with van der Waals surface area (Å²) in [5, 5.41) is 2.64. The third-order valence-corrected chi connectivity index (χ3v) is 3.47. The van der Waals surface area contributed by atoms with Crippen molar-refractivity contribution in [3.63, 3.8) is 0 Å². The predicted octanol–water partition coefficient (Wildman–Crippen LogP) is 1.91. The number of hydrogen-bond donors (Lipinski definition) is 1. The number of Topliss-reactive ketones (excluding diaryl/α,β-unsaturated/α-hetero) is 1. The lowest BCUT2D eigenvalue weighted by Crippen LogP contribution is -2.22. The van der Waals surface area contributed by atoms with Crippen LogP contribution in [0.15, 0.2) is 59.5 Å². The van der Waals surface area contributed by atoms with E-state index < -0.39 is 5.91 Å². The normalized spacial score (nSPS) is 10.4. The van der Waals surface area contributed by atoms with Gasteiger partial charge in [-0.1, -0.05) is 6.07 Å². The van der Waals surface area contributed by atoms with Gasteiger partial charge < -0.3 is 10.1 Å². The van der Waals surface area contributed by atoms with Crippen molar-refractivity contribution in [2.75, 3.05) is 11.9 Å². The number of anilines is 1. The number of nitrogens with zero attached hydrogens (tertiary/aromatic N) is 2. The molecule has 1 N–H and O–H groups in total. The van der Waals surface area contributed by atoms with E-state index in [2.05, 4.69) is 10.3 Å². The average Bonchev–Trinajstić information content (AvgIpc) is 2.60. The maximum Gasteiger partial charge on any atom is 0.262 e. The van der Waals surface area contributed by atoms with Crippen molar-refractivity contribution in [2.24, 2.45) is 0 Å². The zero-order valence-corrected chi connectivity index (χ0v) is 13.4. The smallest absolute Gasteiger partial charge is 0.262 e. The maximum atomic E-state index is 11.9. The SMILES string of the molecule is CC(=O)c1ccc(NC(=O)COc2cc(=O)n3ccccc3n2)cc1. The van der Waals surface area contributed by atoms with Gasteiger partial charge in [0.05, 0.1) is 6.07 Å². The molecule has 0 unspecified atom stereocenters. The van der Waals surface area contributed by atoms with Gasteiger partial charge in [0.15, 0.2) is 12.4 Å². The third-order valence-electron chi connectivity index (χ3n) is 3.47. The molecule has 3 aromatic rings. The summed E-state index contributed by atoms with van der Waals surface area (Å²) in [4.78, 5) is 39.3. The van der Waals surface area contributed by atoms with E-state index in [9.17, 15) is 14.4 Å². The van der Waals surface area contributed by atoms with E-state index >= 15 is 0 Å². The summed E-state index contributed by atoms with van der Waals surface area (Å²) >= 11 is 0. The molecule has 0 atom stereocenters. The number of pyridine rings is 1. The molecule has 2 aromatic heterocycles. The first-order valence-corrected chi connectivity index (χ1v) is 7.55. The Kier molecular flexibility index (Phi) is 4.56. The van der Waals surface area contributed by atoms with Crippen LogP contribution in [0, 0.1) is 0 Å². The highest BCUT2D eigenvalue weighted by atomic mass is 16.5. The highest BCUT2D eigenvalue weighted by Gasteiger charge is 2.07. The van der Waals surface area contributed by atoms with Crippen molar-refractivity contribution in [3.8, 4) is 5.88 Å². The predicted molar refractivity (Wildman–Crippen MR) is 92.0 cm³/mol. The fraction of sp³-hybridized carbons (Fsp3) is 0.111. The topological polar surface area (TPSA) is 89.8 Å². The summed E-state index contributed by atoms with van der Waals surface area (Å²) in [6.07, 6.45) is 1.60. The van der Waals surface area contributed by atoms with Gasteiger partial charge in [0, 0.05) is 17.4 Å². The number of carbonyl (C=O) groups excluding carboxylic acids is 2. The second kappa shape index (κ2) is 6.96. The van der Waals surface area contributed by atoms with Crippen LogP contribution in [0.5, 0.6) is 5.88 Å². The zero-order chi connectivity index (χ0) is 17.8. The molecule has 0 saturated heterocycles. The van der Waals surface area contributed by atoms with Crippen LogP contribution in [-0.2, 0) is 4.79 Å². The van der Waals surface area contributed by atoms with Crippen molar-refractivity contribution in [1.82, 2.24) is 9.38 Å². The van der Waals surface area contributed by atoms with Crippen LogP contribution in [0.25, 0.3) is 5.65 Å². The summed E-state index contributed by atoms with van der Waals surface area (Å²) in [5.74, 6) is -0.362. The molecule has 0 aliphatic heterocycles. The molecule has 0 radical (unpaired) electrons. The second-order valence-corrected chi connectivity index (χ2v) is 5.33. The quantitative estimate of drug-likeness (QED) is 0.718. The van der Waals surface area contributed by atoms with E-state index in [1.807, 2.05) is 0 Å². The largest absolute Gasteiger partial charge is 0.467 e. The first kappa shape index (κ1) is 16.4. The van der Waals surface area contributed by atoms with Gasteiger partial charge in [-0.3, -0.25) is 18.8 Å². The van der Waals surface area contributed by atoms with Crippen LogP contribution >= 0.6 is 0 Å². The Bertz CT molecular complexity index is 993. The second-order valence-electron chi connectivity index (χ2n) is 5.33. The van der Waals surface area contributed by atoms with Crippen LogP contribution in [0.1, 0.15) is 17.3 Å². The summed E-state index contributed by atoms with van der Waals surface area (Å²) in [6.45, 7) is 1.18. The molecule has 0 bridgehead atoms. The van der Waals surface area contributed by atoms with Crippen LogP contribution in [0.4, 0.5) is 5.69 Å². The molecule has 0 aliphatic rings. The number of amides is 1. The number of nitrogens with one attached hydrogen (secondary N) is 1. The van der Waals surface area contributed by atoms with Gasteiger partial charge in [-0.25, -0.2) is 0 Å². The minimum absolute atomic E-state index is 0.0464. The number of carbonyl (C=O) groups is 2. The molecular formula is C18H15N3O4. The van der Waals surface area contributed by atoms with Crippen LogP contribution in [-0.4, -0.2) is 27.7 Å². The van der Waals surface area contributed by atoms with E-state index in [-0.39, 0.29) is 23.8 Å². The number of ketones is 1. The van der Waals surface area contributed by atoms with Gasteiger partial charge >= 0.3 is 0 Å². The van der Waals surface area contributed by atoms with E-state index in [1.165, 1.54) is 17.4 Å². The number of fused-ring (bicyclic) bond motifs is 1. The highest BCUT2D eigenvalue weighted by molar-refractivity contribution is 5.95. The molecule has 1 aromatic carbocycles. The minimum Gasteiger partial charge on any atom is -0.467 e. The lowest BCUT2D eigenvalue weighted by atomic mass is 10.1. The van der Waals surface area contributed by atoms with Crippen molar-refractivity contribution in [2.45, 2.75) is 6.92 Å². The molecule has 1 amide bonds. The molecule has 0 fully saturated rings. The standard InChI is InChI=1S/C18H15N3O4/c1-12(22)13-5-7-14(8-6-13)19-16(23)11-25-17-10-18(24)21-9-3-2-4-15(21)20-17/h2-10H,11H2,1H3,(H,19,23). The number of benzene rings is 1. The van der Waals surface area contributed by atoms with Crippen LogP contribution in [0.3, 0.4) is 0 Å². The summed E-state index contributed by atoms with van der Waals surface area (Å²) < 4.78 is 6.68. The lowest BCUT2D eigenvalue weighted by Gasteiger charge is -2.08. The Balaban J connectivity index is 1.64. The Morgan fingerprint density at radius 2 is 1.92 bits per heavy atom. The first-order valence-electron chi connectivity index (χ1n) is 7.55. The van der Waals surface area contributed by atoms with Gasteiger partial charge in [0.25, 0.3) is 11.5 Å². The maximum absolute atomic E-state index is 11.9. The summed E-state index contributed by atoms with van der Waals surface area (Å²) in [5.41, 5.74) is 1.26. The Morgan fingerprint density at radius 3 is 2.64 bits per heavy atom. The van der Waals surface area contributed by atoms with Gasteiger partial charge in [0.1, 0.15) is 5.65 Å². The Morgan fingerprint density at radius 1 is 1.16 bits per heavy atom. The zero-order valence-electron chi connectivity index (χ0n) is 13.4. The van der Waals surface area contributed by atoms with Gasteiger partial charge in [-0.2, -0.15) is 4.98 Å². The molecule has 0 spiro atoms. The molecule has 25 heavy (non-hydrogen) atoms. The van der Waals surface area contributed by atoms with Crippen LogP contribution in [0.2, 0.25) is 0 Å². The summed E-state index contributed by atoms with van der Waals surface area (Å²) in [6, 6.07) is 12.9. The number of aromatic nitrogens is 2. The molecule has 0 saturated carbocycles. The highest BCUT2D eigenvalue weighted by Crippen LogP contribution is 2.10. The van der Waals surface area contributed by atoms with Crippen molar-refractivity contribution in [1.29, 1.82) is 0 Å². The monoisotopic (exact) mass is 337 g/mol. The molecule has 126 valence electrons. The lowest BCUT2D eigenvalue weighted by molar-refractivity contribution is -0.118. The molecule has 7 heteroatoms. The minimum atomic E-state index is -0.398. The number of ether oxygens (including phenoxy) is 1. The van der Waals surface area contributed by atoms with Gasteiger partial charge in [-0.15, -0.1) is 0 Å². The van der Waals surface area contributed by atoms with E-state index in [1.54, 1.807) is 48.7 Å². The Labute approximate surface area is 142 Å². The van der Waals surface area contributed by atoms with Crippen molar-refractivity contribution < 1.29 is 14.3 Å². The average molecular weight is 337 g/mol. The van der Waals surface area contributed by atoms with Gasteiger partial charge in [0.2, 0.25) is 5.88 Å².